The lowest BCUT2D eigenvalue weighted by atomic mass is 9.95. The molecule has 1 saturated carbocycles. The summed E-state index contributed by atoms with van der Waals surface area (Å²) in [5, 5.41) is 21.3. The van der Waals surface area contributed by atoms with E-state index in [4.69, 9.17) is 0 Å². The Kier molecular flexibility index (Phi) is 4.57. The van der Waals surface area contributed by atoms with Crippen LogP contribution in [0.3, 0.4) is 0 Å². The van der Waals surface area contributed by atoms with Crippen LogP contribution < -0.4 is 5.32 Å². The van der Waals surface area contributed by atoms with Crippen LogP contribution in [0.25, 0.3) is 0 Å². The van der Waals surface area contributed by atoms with Crippen molar-refractivity contribution in [2.45, 2.75) is 63.7 Å². The third kappa shape index (κ3) is 4.02. The molecule has 118 valence electrons. The second-order valence-corrected chi connectivity index (χ2v) is 6.81. The van der Waals surface area contributed by atoms with Gasteiger partial charge in [0, 0.05) is 24.7 Å². The van der Waals surface area contributed by atoms with Crippen LogP contribution in [-0.2, 0) is 13.1 Å². The zero-order valence-electron chi connectivity index (χ0n) is 13.0. The number of unbranched alkanes of at least 4 members (excludes halogenated alkanes) is 1. The fraction of sp³-hybridized carbons (Fsp3) is 0.867. The van der Waals surface area contributed by atoms with E-state index in [1.807, 2.05) is 6.33 Å². The summed E-state index contributed by atoms with van der Waals surface area (Å²) >= 11 is 0. The molecule has 0 saturated heterocycles. The average molecular weight is 293 g/mol. The van der Waals surface area contributed by atoms with Gasteiger partial charge in [0.15, 0.2) is 0 Å². The molecular weight excluding hydrogens is 266 g/mol. The molecule has 1 atom stereocenters. The molecule has 2 aliphatic rings. The van der Waals surface area contributed by atoms with Gasteiger partial charge in [0.2, 0.25) is 0 Å². The minimum Gasteiger partial charge on any atom is -0.394 e. The van der Waals surface area contributed by atoms with Crippen molar-refractivity contribution in [3.63, 3.8) is 0 Å². The molecule has 1 fully saturated rings. The molecule has 6 nitrogen and oxygen atoms in total. The SMILES string of the molecule is CC(CO)(CCCCN1CCn2cnnc2C1)NC1CC1. The van der Waals surface area contributed by atoms with Gasteiger partial charge in [0.1, 0.15) is 12.2 Å². The van der Waals surface area contributed by atoms with Crippen LogP contribution in [0.4, 0.5) is 0 Å². The maximum absolute atomic E-state index is 9.60. The molecule has 0 bridgehead atoms. The molecule has 0 aromatic carbocycles. The van der Waals surface area contributed by atoms with Crippen LogP contribution in [0.2, 0.25) is 0 Å². The number of nitrogens with one attached hydrogen (secondary N) is 1. The van der Waals surface area contributed by atoms with Crippen LogP contribution in [0.5, 0.6) is 0 Å². The van der Waals surface area contributed by atoms with E-state index in [1.54, 1.807) is 0 Å². The summed E-state index contributed by atoms with van der Waals surface area (Å²) in [5.41, 5.74) is -0.0940. The maximum Gasteiger partial charge on any atom is 0.147 e. The number of rotatable bonds is 8. The monoisotopic (exact) mass is 293 g/mol. The number of fused-ring (bicyclic) bond motifs is 1. The fourth-order valence-corrected chi connectivity index (χ4v) is 3.08. The third-order valence-corrected chi connectivity index (χ3v) is 4.65. The summed E-state index contributed by atoms with van der Waals surface area (Å²) in [6.45, 7) is 6.49. The van der Waals surface area contributed by atoms with E-state index < -0.39 is 0 Å². The highest BCUT2D eigenvalue weighted by molar-refractivity contribution is 4.92. The number of aliphatic hydroxyl groups excluding tert-OH is 1. The first kappa shape index (κ1) is 14.9. The number of nitrogens with zero attached hydrogens (tertiary/aromatic N) is 4. The molecule has 0 spiro atoms. The van der Waals surface area contributed by atoms with Crippen LogP contribution in [0.15, 0.2) is 6.33 Å². The highest BCUT2D eigenvalue weighted by atomic mass is 16.3. The van der Waals surface area contributed by atoms with Crippen molar-refractivity contribution < 1.29 is 5.11 Å². The predicted molar refractivity (Wildman–Crippen MR) is 80.8 cm³/mol. The Balaban J connectivity index is 1.36. The first-order valence-electron chi connectivity index (χ1n) is 8.16. The number of hydrogen-bond donors (Lipinski definition) is 2. The Morgan fingerprint density at radius 2 is 2.24 bits per heavy atom. The minimum absolute atomic E-state index is 0.0940. The van der Waals surface area contributed by atoms with Gasteiger partial charge in [0.25, 0.3) is 0 Å². The van der Waals surface area contributed by atoms with Gasteiger partial charge in [-0.3, -0.25) is 4.90 Å². The summed E-state index contributed by atoms with van der Waals surface area (Å²) in [6, 6.07) is 0.649. The van der Waals surface area contributed by atoms with Crippen molar-refractivity contribution >= 4 is 0 Å². The Morgan fingerprint density at radius 3 is 3.00 bits per heavy atom. The molecule has 1 aliphatic carbocycles. The van der Waals surface area contributed by atoms with Crippen LogP contribution in [0.1, 0.15) is 44.9 Å². The van der Waals surface area contributed by atoms with E-state index in [-0.39, 0.29) is 12.1 Å². The molecule has 0 radical (unpaired) electrons. The van der Waals surface area contributed by atoms with E-state index in [0.717, 1.165) is 44.8 Å². The predicted octanol–water partition coefficient (Wildman–Crippen LogP) is 0.767. The second-order valence-electron chi connectivity index (χ2n) is 6.81. The van der Waals surface area contributed by atoms with Crippen LogP contribution in [0, 0.1) is 0 Å². The number of hydrogen-bond acceptors (Lipinski definition) is 5. The van der Waals surface area contributed by atoms with E-state index >= 15 is 0 Å². The second kappa shape index (κ2) is 6.42. The highest BCUT2D eigenvalue weighted by Gasteiger charge is 2.31. The molecule has 21 heavy (non-hydrogen) atoms. The van der Waals surface area contributed by atoms with Gasteiger partial charge in [-0.05, 0) is 39.2 Å². The van der Waals surface area contributed by atoms with Crippen molar-refractivity contribution in [3.05, 3.63) is 12.2 Å². The first-order valence-corrected chi connectivity index (χ1v) is 8.16. The van der Waals surface area contributed by atoms with E-state index in [2.05, 4.69) is 31.9 Å². The molecule has 6 heteroatoms. The number of aliphatic hydroxyl groups is 1. The molecule has 2 N–H and O–H groups in total. The Morgan fingerprint density at radius 1 is 1.38 bits per heavy atom. The average Bonchev–Trinajstić information content (AvgIpc) is 3.17. The van der Waals surface area contributed by atoms with E-state index in [1.165, 1.54) is 19.3 Å². The van der Waals surface area contributed by atoms with Crippen molar-refractivity contribution in [1.29, 1.82) is 0 Å². The highest BCUT2D eigenvalue weighted by Crippen LogP contribution is 2.25. The lowest BCUT2D eigenvalue weighted by Gasteiger charge is -2.30. The summed E-state index contributed by atoms with van der Waals surface area (Å²) < 4.78 is 2.14. The Bertz CT molecular complexity index is 459. The molecule has 0 amide bonds. The standard InChI is InChI=1S/C15H27N5O/c1-15(11-21,17-13-4-5-13)6-2-3-7-19-8-9-20-12-16-18-14(20)10-19/h12-13,17,21H,2-11H2,1H3. The number of aromatic nitrogens is 3. The zero-order valence-corrected chi connectivity index (χ0v) is 13.0. The summed E-state index contributed by atoms with van der Waals surface area (Å²) in [7, 11) is 0. The summed E-state index contributed by atoms with van der Waals surface area (Å²) in [5.74, 6) is 1.08. The third-order valence-electron chi connectivity index (χ3n) is 4.65. The topological polar surface area (TPSA) is 66.2 Å². The quantitative estimate of drug-likeness (QED) is 0.693. The smallest absolute Gasteiger partial charge is 0.147 e. The van der Waals surface area contributed by atoms with Gasteiger partial charge in [-0.25, -0.2) is 0 Å². The van der Waals surface area contributed by atoms with Crippen molar-refractivity contribution in [1.82, 2.24) is 25.0 Å². The van der Waals surface area contributed by atoms with E-state index in [0.29, 0.717) is 6.04 Å². The molecule has 2 heterocycles. The zero-order chi connectivity index (χ0) is 14.7. The summed E-state index contributed by atoms with van der Waals surface area (Å²) in [4.78, 5) is 2.45. The largest absolute Gasteiger partial charge is 0.394 e. The van der Waals surface area contributed by atoms with Gasteiger partial charge in [0.05, 0.1) is 13.2 Å². The summed E-state index contributed by atoms with van der Waals surface area (Å²) in [6.07, 6.45) is 7.73. The normalized spacial score (nSPS) is 22.0. The van der Waals surface area contributed by atoms with Crippen molar-refractivity contribution in [2.24, 2.45) is 0 Å². The Hall–Kier alpha value is -0.980. The Labute approximate surface area is 126 Å². The lowest BCUT2D eigenvalue weighted by molar-refractivity contribution is 0.156. The fourth-order valence-electron chi connectivity index (χ4n) is 3.08. The minimum atomic E-state index is -0.0940. The van der Waals surface area contributed by atoms with Gasteiger partial charge in [-0.15, -0.1) is 10.2 Å². The van der Waals surface area contributed by atoms with Crippen LogP contribution in [-0.4, -0.2) is 56.0 Å². The maximum atomic E-state index is 9.60. The van der Waals surface area contributed by atoms with E-state index in [9.17, 15) is 5.11 Å². The molecule has 1 aromatic rings. The van der Waals surface area contributed by atoms with Crippen molar-refractivity contribution in [3.8, 4) is 0 Å². The van der Waals surface area contributed by atoms with Crippen molar-refractivity contribution in [2.75, 3.05) is 19.7 Å². The first-order chi connectivity index (χ1) is 10.2. The molecule has 1 aliphatic heterocycles. The van der Waals surface area contributed by atoms with Gasteiger partial charge >= 0.3 is 0 Å². The van der Waals surface area contributed by atoms with Gasteiger partial charge < -0.3 is 15.0 Å². The molecular formula is C15H27N5O. The molecule has 1 aromatic heterocycles. The molecule has 3 rings (SSSR count). The van der Waals surface area contributed by atoms with Crippen LogP contribution >= 0.6 is 0 Å². The van der Waals surface area contributed by atoms with Gasteiger partial charge in [-0.1, -0.05) is 6.42 Å². The lowest BCUT2D eigenvalue weighted by Crippen LogP contribution is -2.47. The van der Waals surface area contributed by atoms with Gasteiger partial charge in [-0.2, -0.15) is 0 Å². The molecule has 1 unspecified atom stereocenters.